The van der Waals surface area contributed by atoms with Gasteiger partial charge in [0.2, 0.25) is 15.9 Å². The van der Waals surface area contributed by atoms with E-state index in [1.807, 2.05) is 0 Å². The molecule has 1 aromatic rings. The maximum Gasteiger partial charge on any atom is 0.245 e. The molecule has 0 radical (unpaired) electrons. The van der Waals surface area contributed by atoms with Crippen LogP contribution in [0.15, 0.2) is 27.6 Å². The minimum atomic E-state index is -3.72. The van der Waals surface area contributed by atoms with Crippen molar-refractivity contribution < 1.29 is 13.2 Å². The molecule has 0 atom stereocenters. The number of carbonyl (C=O) groups is 1. The zero-order valence-electron chi connectivity index (χ0n) is 9.19. The van der Waals surface area contributed by atoms with Gasteiger partial charge in [-0.2, -0.15) is 4.31 Å². The average Bonchev–Trinajstić information content (AvgIpc) is 2.28. The number of nitrogens with one attached hydrogen (secondary N) is 1. The van der Waals surface area contributed by atoms with Gasteiger partial charge in [0.05, 0.1) is 11.6 Å². The molecule has 1 amide bonds. The fraction of sp³-hybridized carbons (Fsp3) is 0.300. The van der Waals surface area contributed by atoms with Gasteiger partial charge in [0.25, 0.3) is 0 Å². The van der Waals surface area contributed by atoms with Crippen LogP contribution >= 0.6 is 27.5 Å². The summed E-state index contributed by atoms with van der Waals surface area (Å²) in [6.07, 6.45) is 0. The Morgan fingerprint density at radius 3 is 2.72 bits per heavy atom. The summed E-state index contributed by atoms with van der Waals surface area (Å²) < 4.78 is 26.4. The van der Waals surface area contributed by atoms with Gasteiger partial charge in [0, 0.05) is 17.6 Å². The second-order valence-electron chi connectivity index (χ2n) is 3.76. The molecule has 1 aliphatic rings. The predicted octanol–water partition coefficient (Wildman–Crippen LogP) is 1.22. The van der Waals surface area contributed by atoms with Crippen molar-refractivity contribution in [2.75, 3.05) is 19.6 Å². The molecule has 0 aromatic heterocycles. The molecule has 18 heavy (non-hydrogen) atoms. The first-order chi connectivity index (χ1) is 8.41. The van der Waals surface area contributed by atoms with Crippen LogP contribution in [0.4, 0.5) is 0 Å². The van der Waals surface area contributed by atoms with E-state index in [-0.39, 0.29) is 28.9 Å². The van der Waals surface area contributed by atoms with Crippen LogP contribution in [0.3, 0.4) is 0 Å². The Balaban J connectivity index is 2.38. The number of amides is 1. The Labute approximate surface area is 118 Å². The van der Waals surface area contributed by atoms with Gasteiger partial charge in [-0.3, -0.25) is 4.79 Å². The number of hydrogen-bond donors (Lipinski definition) is 1. The Bertz CT molecular complexity index is 591. The van der Waals surface area contributed by atoms with Crippen LogP contribution in [0, 0.1) is 0 Å². The van der Waals surface area contributed by atoms with Crippen molar-refractivity contribution in [2.45, 2.75) is 4.90 Å². The Hall–Kier alpha value is -0.630. The van der Waals surface area contributed by atoms with Gasteiger partial charge < -0.3 is 5.32 Å². The third kappa shape index (κ3) is 2.69. The average molecular weight is 354 g/mol. The lowest BCUT2D eigenvalue weighted by Crippen LogP contribution is -2.49. The SMILES string of the molecule is O=C1CN(S(=O)(=O)c2ccc(Br)cc2Cl)CCN1. The third-order valence-corrected chi connectivity index (χ3v) is 5.34. The molecule has 1 fully saturated rings. The summed E-state index contributed by atoms with van der Waals surface area (Å²) in [6.45, 7) is 0.390. The molecular formula is C10H10BrClN2O3S. The van der Waals surface area contributed by atoms with Crippen LogP contribution < -0.4 is 5.32 Å². The molecule has 0 aliphatic carbocycles. The molecule has 0 saturated carbocycles. The molecule has 5 nitrogen and oxygen atoms in total. The summed E-state index contributed by atoms with van der Waals surface area (Å²) in [7, 11) is -3.72. The van der Waals surface area contributed by atoms with E-state index in [9.17, 15) is 13.2 Å². The number of rotatable bonds is 2. The fourth-order valence-electron chi connectivity index (χ4n) is 1.64. The molecule has 98 valence electrons. The van der Waals surface area contributed by atoms with Crippen molar-refractivity contribution in [1.82, 2.24) is 9.62 Å². The Morgan fingerprint density at radius 2 is 2.11 bits per heavy atom. The Morgan fingerprint density at radius 1 is 1.39 bits per heavy atom. The number of benzene rings is 1. The molecule has 1 aliphatic heterocycles. The monoisotopic (exact) mass is 352 g/mol. The molecular weight excluding hydrogens is 344 g/mol. The normalized spacial score (nSPS) is 17.6. The van der Waals surface area contributed by atoms with Gasteiger partial charge in [-0.1, -0.05) is 27.5 Å². The van der Waals surface area contributed by atoms with Crippen molar-refractivity contribution >= 4 is 43.5 Å². The second kappa shape index (κ2) is 5.16. The van der Waals surface area contributed by atoms with E-state index in [0.29, 0.717) is 11.0 Å². The van der Waals surface area contributed by atoms with E-state index in [1.54, 1.807) is 6.07 Å². The van der Waals surface area contributed by atoms with Crippen LogP contribution in [0.2, 0.25) is 5.02 Å². The molecule has 0 unspecified atom stereocenters. The smallest absolute Gasteiger partial charge is 0.245 e. The number of piperazine rings is 1. The summed E-state index contributed by atoms with van der Waals surface area (Å²) >= 11 is 9.14. The molecule has 1 N–H and O–H groups in total. The standard InChI is InChI=1S/C10H10BrClN2O3S/c11-7-1-2-9(8(12)5-7)18(16,17)14-4-3-13-10(15)6-14/h1-2,5H,3-4,6H2,(H,13,15). The van der Waals surface area contributed by atoms with Gasteiger partial charge in [0.15, 0.2) is 0 Å². The zero-order valence-corrected chi connectivity index (χ0v) is 12.3. The molecule has 1 saturated heterocycles. The highest BCUT2D eigenvalue weighted by Crippen LogP contribution is 2.27. The van der Waals surface area contributed by atoms with E-state index < -0.39 is 10.0 Å². The number of sulfonamides is 1. The highest BCUT2D eigenvalue weighted by atomic mass is 79.9. The number of hydrogen-bond acceptors (Lipinski definition) is 3. The summed E-state index contributed by atoms with van der Waals surface area (Å²) in [5.74, 6) is -0.307. The van der Waals surface area contributed by atoms with E-state index in [0.717, 1.165) is 4.31 Å². The first-order valence-corrected chi connectivity index (χ1v) is 7.74. The van der Waals surface area contributed by atoms with Crippen molar-refractivity contribution in [3.63, 3.8) is 0 Å². The molecule has 2 rings (SSSR count). The van der Waals surface area contributed by atoms with Crippen LogP contribution in [0.5, 0.6) is 0 Å². The van der Waals surface area contributed by atoms with Crippen molar-refractivity contribution in [3.8, 4) is 0 Å². The first kappa shape index (κ1) is 13.8. The van der Waals surface area contributed by atoms with Crippen LogP contribution in [-0.2, 0) is 14.8 Å². The van der Waals surface area contributed by atoms with Gasteiger partial charge in [0.1, 0.15) is 4.90 Å². The molecule has 0 bridgehead atoms. The van der Waals surface area contributed by atoms with Crippen molar-refractivity contribution in [2.24, 2.45) is 0 Å². The summed E-state index contributed by atoms with van der Waals surface area (Å²) in [5.41, 5.74) is 0. The minimum absolute atomic E-state index is 0.0158. The molecule has 1 aromatic carbocycles. The lowest BCUT2D eigenvalue weighted by molar-refractivity contribution is -0.122. The van der Waals surface area contributed by atoms with Crippen LogP contribution in [0.25, 0.3) is 0 Å². The fourth-order valence-corrected chi connectivity index (χ4v) is 4.05. The molecule has 8 heteroatoms. The van der Waals surface area contributed by atoms with Gasteiger partial charge in [-0.25, -0.2) is 8.42 Å². The number of halogens is 2. The first-order valence-electron chi connectivity index (χ1n) is 5.13. The Kier molecular flexibility index (Phi) is 3.96. The summed E-state index contributed by atoms with van der Waals surface area (Å²) in [4.78, 5) is 11.2. The summed E-state index contributed by atoms with van der Waals surface area (Å²) in [6, 6.07) is 4.54. The maximum absolute atomic E-state index is 12.3. The lowest BCUT2D eigenvalue weighted by Gasteiger charge is -2.26. The molecule has 0 spiro atoms. The number of carbonyl (C=O) groups excluding carboxylic acids is 1. The van der Waals surface area contributed by atoms with E-state index in [2.05, 4.69) is 21.2 Å². The van der Waals surface area contributed by atoms with Crippen LogP contribution in [0.1, 0.15) is 0 Å². The van der Waals surface area contributed by atoms with Gasteiger partial charge >= 0.3 is 0 Å². The summed E-state index contributed by atoms with van der Waals surface area (Å²) in [5, 5.41) is 2.71. The van der Waals surface area contributed by atoms with E-state index in [1.165, 1.54) is 12.1 Å². The van der Waals surface area contributed by atoms with Gasteiger partial charge in [-0.05, 0) is 18.2 Å². The predicted molar refractivity (Wildman–Crippen MR) is 70.9 cm³/mol. The van der Waals surface area contributed by atoms with Crippen molar-refractivity contribution in [1.29, 1.82) is 0 Å². The largest absolute Gasteiger partial charge is 0.354 e. The maximum atomic E-state index is 12.3. The third-order valence-electron chi connectivity index (χ3n) is 2.52. The lowest BCUT2D eigenvalue weighted by atomic mass is 10.4. The van der Waals surface area contributed by atoms with Gasteiger partial charge in [-0.15, -0.1) is 0 Å². The quantitative estimate of drug-likeness (QED) is 0.869. The topological polar surface area (TPSA) is 66.5 Å². The highest BCUT2D eigenvalue weighted by Gasteiger charge is 2.30. The van der Waals surface area contributed by atoms with E-state index in [4.69, 9.17) is 11.6 Å². The van der Waals surface area contributed by atoms with Crippen molar-refractivity contribution in [3.05, 3.63) is 27.7 Å². The van der Waals surface area contributed by atoms with E-state index >= 15 is 0 Å². The van der Waals surface area contributed by atoms with Crippen LogP contribution in [-0.4, -0.2) is 38.3 Å². The zero-order chi connectivity index (χ0) is 13.3. The second-order valence-corrected chi connectivity index (χ2v) is 6.99. The number of nitrogens with zero attached hydrogens (tertiary/aromatic N) is 1. The minimum Gasteiger partial charge on any atom is -0.354 e. The highest BCUT2D eigenvalue weighted by molar-refractivity contribution is 9.10. The molecule has 1 heterocycles.